The van der Waals surface area contributed by atoms with E-state index in [0.29, 0.717) is 18.8 Å². The first-order chi connectivity index (χ1) is 15.5. The van der Waals surface area contributed by atoms with Gasteiger partial charge in [-0.05, 0) is 42.8 Å². The van der Waals surface area contributed by atoms with Gasteiger partial charge in [-0.15, -0.1) is 0 Å². The maximum atomic E-state index is 12.5. The Kier molecular flexibility index (Phi) is 6.30. The molecule has 8 heteroatoms. The van der Waals surface area contributed by atoms with Crippen molar-refractivity contribution in [3.8, 4) is 5.69 Å². The molecule has 0 aliphatic carbocycles. The Bertz CT molecular complexity index is 1090. The summed E-state index contributed by atoms with van der Waals surface area (Å²) in [5.74, 6) is -1.11. The Labute approximate surface area is 186 Å². The fraction of sp³-hybridized carbons (Fsp3) is 0.250. The first-order valence-corrected chi connectivity index (χ1v) is 10.5. The lowest BCUT2D eigenvalue weighted by atomic mass is 10.1. The molecule has 164 valence electrons. The van der Waals surface area contributed by atoms with Crippen molar-refractivity contribution in [1.82, 2.24) is 20.0 Å². The maximum absolute atomic E-state index is 12.5. The highest BCUT2D eigenvalue weighted by molar-refractivity contribution is 5.96. The maximum Gasteiger partial charge on any atom is 0.243 e. The molecule has 1 aliphatic rings. The van der Waals surface area contributed by atoms with Crippen LogP contribution in [0.5, 0.6) is 0 Å². The van der Waals surface area contributed by atoms with Crippen molar-refractivity contribution in [1.29, 1.82) is 0 Å². The van der Waals surface area contributed by atoms with E-state index in [2.05, 4.69) is 15.7 Å². The number of aromatic nitrogens is 2. The monoisotopic (exact) mass is 431 g/mol. The van der Waals surface area contributed by atoms with Crippen molar-refractivity contribution >= 4 is 23.4 Å². The zero-order valence-corrected chi connectivity index (χ0v) is 17.8. The third-order valence-electron chi connectivity index (χ3n) is 5.42. The molecular weight excluding hydrogens is 406 g/mol. The number of benzene rings is 2. The fourth-order valence-corrected chi connectivity index (χ4v) is 3.65. The van der Waals surface area contributed by atoms with Crippen LogP contribution < -0.4 is 10.6 Å². The van der Waals surface area contributed by atoms with Gasteiger partial charge >= 0.3 is 0 Å². The minimum atomic E-state index is -0.450. The minimum Gasteiger partial charge on any atom is -0.347 e. The van der Waals surface area contributed by atoms with E-state index in [9.17, 15) is 14.4 Å². The number of amides is 3. The molecule has 0 saturated carbocycles. The van der Waals surface area contributed by atoms with Crippen LogP contribution in [0.15, 0.2) is 67.0 Å². The van der Waals surface area contributed by atoms with Gasteiger partial charge in [-0.1, -0.05) is 29.8 Å². The molecule has 2 heterocycles. The summed E-state index contributed by atoms with van der Waals surface area (Å²) >= 11 is 0. The third-order valence-corrected chi connectivity index (χ3v) is 5.42. The second-order valence-corrected chi connectivity index (χ2v) is 7.92. The van der Waals surface area contributed by atoms with Crippen LogP contribution in [0.4, 0.5) is 5.69 Å². The number of carbonyl (C=O) groups excluding carboxylic acids is 3. The summed E-state index contributed by atoms with van der Waals surface area (Å²) in [5.41, 5.74) is 3.69. The number of rotatable bonds is 7. The van der Waals surface area contributed by atoms with E-state index in [1.165, 1.54) is 0 Å². The number of nitrogens with one attached hydrogen (secondary N) is 2. The molecule has 1 unspecified atom stereocenters. The molecule has 8 nitrogen and oxygen atoms in total. The predicted molar refractivity (Wildman–Crippen MR) is 120 cm³/mol. The number of hydrogen-bond acceptors (Lipinski definition) is 4. The molecule has 1 aliphatic heterocycles. The Morgan fingerprint density at radius 1 is 1.09 bits per heavy atom. The topological polar surface area (TPSA) is 96.3 Å². The number of hydrogen-bond donors (Lipinski definition) is 2. The van der Waals surface area contributed by atoms with Crippen LogP contribution in [-0.4, -0.2) is 45.5 Å². The molecule has 0 radical (unpaired) electrons. The summed E-state index contributed by atoms with van der Waals surface area (Å²) in [7, 11) is 0. The lowest BCUT2D eigenvalue weighted by molar-refractivity contribution is -0.129. The number of carbonyl (C=O) groups is 3. The fourth-order valence-electron chi connectivity index (χ4n) is 3.65. The van der Waals surface area contributed by atoms with E-state index in [4.69, 9.17) is 0 Å². The summed E-state index contributed by atoms with van der Waals surface area (Å²) in [5, 5.41) is 9.56. The van der Waals surface area contributed by atoms with Crippen LogP contribution in [0, 0.1) is 12.8 Å². The second kappa shape index (κ2) is 9.47. The first kappa shape index (κ1) is 21.3. The largest absolute Gasteiger partial charge is 0.347 e. The molecule has 3 aromatic rings. The summed E-state index contributed by atoms with van der Waals surface area (Å²) in [6.07, 6.45) is 3.69. The molecule has 0 spiro atoms. The standard InChI is InChI=1S/C24H25N5O3/c1-17-3-5-18(6-4-17)15-28-16-19(13-23(28)31)24(32)25-14-22(30)27-20-7-9-21(10-8-20)29-12-2-11-26-29/h2-12,19H,13-16H2,1H3,(H,25,32)(H,27,30). The van der Waals surface area contributed by atoms with Crippen LogP contribution in [0.1, 0.15) is 17.5 Å². The molecule has 2 N–H and O–H groups in total. The summed E-state index contributed by atoms with van der Waals surface area (Å²) in [4.78, 5) is 38.7. The lowest BCUT2D eigenvalue weighted by Crippen LogP contribution is -2.37. The molecular formula is C24H25N5O3. The van der Waals surface area contributed by atoms with Gasteiger partial charge in [0.2, 0.25) is 17.7 Å². The van der Waals surface area contributed by atoms with E-state index < -0.39 is 5.92 Å². The van der Waals surface area contributed by atoms with E-state index in [0.717, 1.165) is 16.8 Å². The molecule has 32 heavy (non-hydrogen) atoms. The van der Waals surface area contributed by atoms with E-state index in [-0.39, 0.29) is 30.7 Å². The Morgan fingerprint density at radius 3 is 2.53 bits per heavy atom. The van der Waals surface area contributed by atoms with Gasteiger partial charge in [0.25, 0.3) is 0 Å². The second-order valence-electron chi connectivity index (χ2n) is 7.92. The zero-order valence-electron chi connectivity index (χ0n) is 17.8. The molecule has 4 rings (SSSR count). The minimum absolute atomic E-state index is 0.0487. The van der Waals surface area contributed by atoms with Gasteiger partial charge in [0, 0.05) is 37.6 Å². The average Bonchev–Trinajstić information content (AvgIpc) is 3.45. The number of anilines is 1. The molecule has 2 aromatic carbocycles. The number of nitrogens with zero attached hydrogens (tertiary/aromatic N) is 3. The van der Waals surface area contributed by atoms with Crippen molar-refractivity contribution in [2.45, 2.75) is 19.9 Å². The summed E-state index contributed by atoms with van der Waals surface area (Å²) in [6, 6.07) is 17.0. The smallest absolute Gasteiger partial charge is 0.243 e. The third kappa shape index (κ3) is 5.21. The Morgan fingerprint density at radius 2 is 1.84 bits per heavy atom. The molecule has 3 amide bonds. The van der Waals surface area contributed by atoms with Crippen LogP contribution in [-0.2, 0) is 20.9 Å². The molecule has 1 fully saturated rings. The Hall–Kier alpha value is -3.94. The van der Waals surface area contributed by atoms with Crippen LogP contribution in [0.2, 0.25) is 0 Å². The molecule has 1 atom stereocenters. The predicted octanol–water partition coefficient (Wildman–Crippen LogP) is 2.28. The first-order valence-electron chi connectivity index (χ1n) is 10.5. The van der Waals surface area contributed by atoms with Gasteiger partial charge in [-0.3, -0.25) is 14.4 Å². The normalized spacial score (nSPS) is 15.6. The summed E-state index contributed by atoms with van der Waals surface area (Å²) < 4.78 is 1.72. The van der Waals surface area contributed by atoms with E-state index in [1.807, 2.05) is 55.6 Å². The number of likely N-dealkylation sites (tertiary alicyclic amines) is 1. The average molecular weight is 431 g/mol. The van der Waals surface area contributed by atoms with E-state index in [1.54, 1.807) is 27.9 Å². The zero-order chi connectivity index (χ0) is 22.5. The Balaban J connectivity index is 1.24. The van der Waals surface area contributed by atoms with Gasteiger partial charge in [0.05, 0.1) is 18.2 Å². The van der Waals surface area contributed by atoms with Gasteiger partial charge in [0.1, 0.15) is 0 Å². The highest BCUT2D eigenvalue weighted by atomic mass is 16.2. The van der Waals surface area contributed by atoms with Gasteiger partial charge in [0.15, 0.2) is 0 Å². The number of aryl methyl sites for hydroxylation is 1. The quantitative estimate of drug-likeness (QED) is 0.600. The van der Waals surface area contributed by atoms with E-state index >= 15 is 0 Å². The molecule has 1 aromatic heterocycles. The SMILES string of the molecule is Cc1ccc(CN2CC(C(=O)NCC(=O)Nc3ccc(-n4cccn4)cc3)CC2=O)cc1. The molecule has 0 bridgehead atoms. The van der Waals surface area contributed by atoms with Crippen LogP contribution >= 0.6 is 0 Å². The summed E-state index contributed by atoms with van der Waals surface area (Å²) in [6.45, 7) is 2.70. The van der Waals surface area contributed by atoms with Crippen molar-refractivity contribution in [3.05, 3.63) is 78.1 Å². The highest BCUT2D eigenvalue weighted by Gasteiger charge is 2.34. The van der Waals surface area contributed by atoms with Crippen molar-refractivity contribution < 1.29 is 14.4 Å². The van der Waals surface area contributed by atoms with Gasteiger partial charge < -0.3 is 15.5 Å². The lowest BCUT2D eigenvalue weighted by Gasteiger charge is -2.17. The van der Waals surface area contributed by atoms with Crippen molar-refractivity contribution in [2.75, 3.05) is 18.4 Å². The van der Waals surface area contributed by atoms with Crippen molar-refractivity contribution in [3.63, 3.8) is 0 Å². The molecule has 1 saturated heterocycles. The van der Waals surface area contributed by atoms with Gasteiger partial charge in [-0.25, -0.2) is 4.68 Å². The van der Waals surface area contributed by atoms with Crippen LogP contribution in [0.25, 0.3) is 5.69 Å². The van der Waals surface area contributed by atoms with Crippen LogP contribution in [0.3, 0.4) is 0 Å². The highest BCUT2D eigenvalue weighted by Crippen LogP contribution is 2.20. The van der Waals surface area contributed by atoms with Crippen molar-refractivity contribution in [2.24, 2.45) is 5.92 Å². The van der Waals surface area contributed by atoms with Gasteiger partial charge in [-0.2, -0.15) is 5.10 Å².